The number of carbonyl (C=O) groups excluding carboxylic acids is 1. The van der Waals surface area contributed by atoms with E-state index in [4.69, 9.17) is 18.9 Å². The van der Waals surface area contributed by atoms with Gasteiger partial charge in [0.2, 0.25) is 0 Å². The molecule has 4 aromatic rings. The zero-order valence-corrected chi connectivity index (χ0v) is 19.1. The Labute approximate surface area is 197 Å². The first-order chi connectivity index (χ1) is 16.6. The Morgan fingerprint density at radius 1 is 1.00 bits per heavy atom. The number of pyridine rings is 1. The van der Waals surface area contributed by atoms with Crippen molar-refractivity contribution in [3.8, 4) is 17.2 Å². The maximum atomic E-state index is 11.9. The number of hydrogen-bond donors (Lipinski definition) is 1. The predicted molar refractivity (Wildman–Crippen MR) is 129 cm³/mol. The van der Waals surface area contributed by atoms with Crippen molar-refractivity contribution >= 4 is 22.4 Å². The molecule has 0 radical (unpaired) electrons. The summed E-state index contributed by atoms with van der Waals surface area (Å²) >= 11 is 0. The highest BCUT2D eigenvalue weighted by Crippen LogP contribution is 2.39. The van der Waals surface area contributed by atoms with Crippen LogP contribution < -0.4 is 19.5 Å². The van der Waals surface area contributed by atoms with E-state index in [-0.39, 0.29) is 12.2 Å². The van der Waals surface area contributed by atoms with E-state index in [1.54, 1.807) is 26.4 Å². The van der Waals surface area contributed by atoms with Crippen LogP contribution >= 0.6 is 0 Å². The Morgan fingerprint density at radius 2 is 1.82 bits per heavy atom. The fraction of sp³-hybridized carbons (Fsp3) is 0.185. The van der Waals surface area contributed by atoms with E-state index < -0.39 is 0 Å². The molecule has 1 aromatic heterocycles. The molecule has 1 aliphatic heterocycles. The quantitative estimate of drug-likeness (QED) is 0.403. The summed E-state index contributed by atoms with van der Waals surface area (Å²) in [5.41, 5.74) is 4.43. The summed E-state index contributed by atoms with van der Waals surface area (Å²) in [7, 11) is 4.63. The minimum atomic E-state index is -0.384. The number of ether oxygens (including phenoxy) is 4. The van der Waals surface area contributed by atoms with Gasteiger partial charge in [0.05, 0.1) is 32.6 Å². The van der Waals surface area contributed by atoms with Gasteiger partial charge in [-0.3, -0.25) is 4.98 Å². The summed E-state index contributed by atoms with van der Waals surface area (Å²) in [5.74, 6) is 1.75. The molecule has 2 heterocycles. The molecule has 172 valence electrons. The molecule has 0 saturated heterocycles. The zero-order valence-electron chi connectivity index (χ0n) is 19.1. The van der Waals surface area contributed by atoms with Gasteiger partial charge in [-0.05, 0) is 59.3 Å². The first-order valence-corrected chi connectivity index (χ1v) is 10.8. The number of methoxy groups -OCH3 is 3. The van der Waals surface area contributed by atoms with E-state index in [2.05, 4.69) is 16.4 Å². The average molecular weight is 456 g/mol. The normalized spacial score (nSPS) is 14.1. The molecule has 1 atom stereocenters. The highest BCUT2D eigenvalue weighted by molar-refractivity contribution is 5.90. The van der Waals surface area contributed by atoms with Gasteiger partial charge < -0.3 is 24.3 Å². The summed E-state index contributed by atoms with van der Waals surface area (Å²) in [4.78, 5) is 16.3. The Kier molecular flexibility index (Phi) is 5.67. The lowest BCUT2D eigenvalue weighted by Gasteiger charge is -2.12. The minimum Gasteiger partial charge on any atom is -0.493 e. The van der Waals surface area contributed by atoms with Crippen molar-refractivity contribution < 1.29 is 23.7 Å². The van der Waals surface area contributed by atoms with Crippen molar-refractivity contribution in [1.29, 1.82) is 0 Å². The highest BCUT2D eigenvalue weighted by atomic mass is 16.5. The Hall–Kier alpha value is -4.26. The molecule has 5 rings (SSSR count). The van der Waals surface area contributed by atoms with Crippen LogP contribution in [0.15, 0.2) is 67.0 Å². The third-order valence-corrected chi connectivity index (χ3v) is 5.93. The van der Waals surface area contributed by atoms with Crippen LogP contribution in [-0.2, 0) is 11.2 Å². The summed E-state index contributed by atoms with van der Waals surface area (Å²) < 4.78 is 21.8. The number of nitrogens with zero attached hydrogens (tertiary/aromatic N) is 1. The van der Waals surface area contributed by atoms with E-state index in [9.17, 15) is 4.79 Å². The van der Waals surface area contributed by atoms with E-state index in [1.165, 1.54) is 7.11 Å². The smallest absolute Gasteiger partial charge is 0.337 e. The van der Waals surface area contributed by atoms with Crippen LogP contribution in [0.2, 0.25) is 0 Å². The number of benzene rings is 3. The van der Waals surface area contributed by atoms with E-state index in [1.807, 2.05) is 48.8 Å². The molecule has 0 spiro atoms. The molecule has 0 fully saturated rings. The fourth-order valence-electron chi connectivity index (χ4n) is 4.22. The lowest BCUT2D eigenvalue weighted by molar-refractivity contribution is 0.0600. The van der Waals surface area contributed by atoms with Crippen LogP contribution in [0, 0.1) is 0 Å². The predicted octanol–water partition coefficient (Wildman–Crippen LogP) is 5.13. The van der Waals surface area contributed by atoms with Crippen LogP contribution in [0.5, 0.6) is 17.2 Å². The maximum absolute atomic E-state index is 11.9. The minimum absolute atomic E-state index is 0.377. The molecule has 0 aliphatic carbocycles. The van der Waals surface area contributed by atoms with Crippen LogP contribution in [0.25, 0.3) is 10.8 Å². The molecule has 1 aliphatic rings. The highest BCUT2D eigenvalue weighted by Gasteiger charge is 2.24. The van der Waals surface area contributed by atoms with Crippen LogP contribution in [-0.4, -0.2) is 32.3 Å². The first-order valence-electron chi connectivity index (χ1n) is 10.8. The molecule has 1 unspecified atom stereocenters. The van der Waals surface area contributed by atoms with E-state index in [0.29, 0.717) is 23.5 Å². The van der Waals surface area contributed by atoms with E-state index in [0.717, 1.165) is 38.9 Å². The van der Waals surface area contributed by atoms with Gasteiger partial charge in [-0.1, -0.05) is 18.2 Å². The van der Waals surface area contributed by atoms with Gasteiger partial charge in [-0.25, -0.2) is 4.79 Å². The Balaban J connectivity index is 1.40. The van der Waals surface area contributed by atoms with Crippen LogP contribution in [0.3, 0.4) is 0 Å². The van der Waals surface area contributed by atoms with Crippen molar-refractivity contribution in [2.24, 2.45) is 0 Å². The topological polar surface area (TPSA) is 78.9 Å². The number of carbonyl (C=O) groups is 1. The lowest BCUT2D eigenvalue weighted by atomic mass is 10.00. The van der Waals surface area contributed by atoms with Gasteiger partial charge in [0.1, 0.15) is 5.75 Å². The second-order valence-corrected chi connectivity index (χ2v) is 7.99. The van der Waals surface area contributed by atoms with Gasteiger partial charge in [0.25, 0.3) is 0 Å². The molecule has 0 amide bonds. The van der Waals surface area contributed by atoms with Gasteiger partial charge in [-0.2, -0.15) is 0 Å². The third kappa shape index (κ3) is 3.96. The SMILES string of the molecule is COC(=O)c1cccc(C2Nc3cc(Cc4cncc5cc(OC)c(OC)cc45)ccc3O2)c1. The molecule has 7 heteroatoms. The van der Waals surface area contributed by atoms with Crippen molar-refractivity contribution in [1.82, 2.24) is 4.98 Å². The van der Waals surface area contributed by atoms with Crippen molar-refractivity contribution in [3.05, 3.63) is 89.2 Å². The molecular formula is C27H24N2O5. The lowest BCUT2D eigenvalue weighted by Crippen LogP contribution is -2.11. The van der Waals surface area contributed by atoms with Gasteiger partial charge in [0, 0.05) is 23.3 Å². The Bertz CT molecular complexity index is 1390. The first kappa shape index (κ1) is 21.6. The number of fused-ring (bicyclic) bond motifs is 2. The second kappa shape index (κ2) is 8.94. The third-order valence-electron chi connectivity index (χ3n) is 5.93. The number of hydrogen-bond acceptors (Lipinski definition) is 7. The number of esters is 1. The van der Waals surface area contributed by atoms with Gasteiger partial charge in [0.15, 0.2) is 17.7 Å². The molecule has 7 nitrogen and oxygen atoms in total. The second-order valence-electron chi connectivity index (χ2n) is 7.99. The molecule has 0 saturated carbocycles. The summed E-state index contributed by atoms with van der Waals surface area (Å²) in [5, 5.41) is 5.46. The number of rotatable bonds is 6. The van der Waals surface area contributed by atoms with Gasteiger partial charge in [-0.15, -0.1) is 0 Å². The molecule has 34 heavy (non-hydrogen) atoms. The van der Waals surface area contributed by atoms with Gasteiger partial charge >= 0.3 is 5.97 Å². The monoisotopic (exact) mass is 456 g/mol. The number of anilines is 1. The molecular weight excluding hydrogens is 432 g/mol. The molecule has 3 aromatic carbocycles. The van der Waals surface area contributed by atoms with Crippen LogP contribution in [0.1, 0.15) is 33.3 Å². The maximum Gasteiger partial charge on any atom is 0.337 e. The Morgan fingerprint density at radius 3 is 2.62 bits per heavy atom. The summed E-state index contributed by atoms with van der Waals surface area (Å²) in [6.45, 7) is 0. The van der Waals surface area contributed by atoms with Crippen molar-refractivity contribution in [2.45, 2.75) is 12.6 Å². The zero-order chi connectivity index (χ0) is 23.7. The number of aromatic nitrogens is 1. The van der Waals surface area contributed by atoms with Crippen LogP contribution in [0.4, 0.5) is 5.69 Å². The fourth-order valence-corrected chi connectivity index (χ4v) is 4.22. The largest absolute Gasteiger partial charge is 0.493 e. The summed E-state index contributed by atoms with van der Waals surface area (Å²) in [6, 6.07) is 17.3. The van der Waals surface area contributed by atoms with Crippen molar-refractivity contribution in [2.75, 3.05) is 26.6 Å². The average Bonchev–Trinajstić information content (AvgIpc) is 3.31. The standard InChI is InChI=1S/C27H24N2O5/c1-31-24-12-20-15-28-14-19(21(20)13-25(24)32-2)9-16-7-8-23-22(10-16)29-26(34-23)17-5-4-6-18(11-17)27(30)33-3/h4-8,10-15,26,29H,9H2,1-3H3. The van der Waals surface area contributed by atoms with E-state index >= 15 is 0 Å². The van der Waals surface area contributed by atoms with Crippen molar-refractivity contribution in [3.63, 3.8) is 0 Å². The summed E-state index contributed by atoms with van der Waals surface area (Å²) in [6.07, 6.45) is 4.02. The number of nitrogens with one attached hydrogen (secondary N) is 1. The molecule has 1 N–H and O–H groups in total. The molecule has 0 bridgehead atoms.